The van der Waals surface area contributed by atoms with Crippen LogP contribution >= 0.6 is 22.6 Å². The molecule has 1 aromatic carbocycles. The molecule has 3 nitrogen and oxygen atoms in total. The summed E-state index contributed by atoms with van der Waals surface area (Å²) in [6.07, 6.45) is 0. The molecule has 13 heavy (non-hydrogen) atoms. The van der Waals surface area contributed by atoms with E-state index in [1.165, 1.54) is 6.07 Å². The van der Waals surface area contributed by atoms with Crippen molar-refractivity contribution in [2.24, 2.45) is 0 Å². The highest BCUT2D eigenvalue weighted by Gasteiger charge is 2.02. The zero-order chi connectivity index (χ0) is 9.68. The van der Waals surface area contributed by atoms with E-state index in [4.69, 9.17) is 9.84 Å². The Bertz CT molecular complexity index is 299. The fourth-order valence-electron chi connectivity index (χ4n) is 0.875. The first-order valence-electron chi connectivity index (χ1n) is 3.76. The van der Waals surface area contributed by atoms with Crippen LogP contribution in [0.25, 0.3) is 0 Å². The Hall–Kier alpha value is -0.780. The Kier molecular flexibility index (Phi) is 4.01. The highest BCUT2D eigenvalue weighted by molar-refractivity contribution is 14.1. The molecule has 0 unspecified atom stereocenters. The summed E-state index contributed by atoms with van der Waals surface area (Å²) < 4.78 is 6.16. The van der Waals surface area contributed by atoms with E-state index in [1.54, 1.807) is 18.2 Å². The summed E-state index contributed by atoms with van der Waals surface area (Å²) in [6, 6.07) is 6.48. The van der Waals surface area contributed by atoms with Crippen LogP contribution in [0.2, 0.25) is 0 Å². The molecule has 0 atom stereocenters. The smallest absolute Gasteiger partial charge is 0.335 e. The van der Waals surface area contributed by atoms with Gasteiger partial charge in [-0.3, -0.25) is 0 Å². The van der Waals surface area contributed by atoms with E-state index in [2.05, 4.69) is 22.6 Å². The number of carboxylic acids is 1. The van der Waals surface area contributed by atoms with Crippen molar-refractivity contribution in [2.75, 3.05) is 11.0 Å². The van der Waals surface area contributed by atoms with Crippen LogP contribution in [0.1, 0.15) is 10.4 Å². The van der Waals surface area contributed by atoms with Gasteiger partial charge in [-0.15, -0.1) is 0 Å². The molecule has 1 rings (SSSR count). The normalized spacial score (nSPS) is 9.62. The number of carboxylic acid groups (broad SMARTS) is 1. The lowest BCUT2D eigenvalue weighted by atomic mass is 10.2. The molecule has 70 valence electrons. The Morgan fingerprint density at radius 2 is 2.31 bits per heavy atom. The van der Waals surface area contributed by atoms with Crippen molar-refractivity contribution < 1.29 is 14.6 Å². The maximum atomic E-state index is 10.6. The van der Waals surface area contributed by atoms with Crippen molar-refractivity contribution in [1.29, 1.82) is 0 Å². The van der Waals surface area contributed by atoms with Crippen LogP contribution in [0, 0.1) is 0 Å². The van der Waals surface area contributed by atoms with Gasteiger partial charge in [0.05, 0.1) is 12.2 Å². The van der Waals surface area contributed by atoms with E-state index in [0.717, 1.165) is 4.43 Å². The van der Waals surface area contributed by atoms with Gasteiger partial charge in [-0.2, -0.15) is 0 Å². The molecule has 0 radical (unpaired) electrons. The van der Waals surface area contributed by atoms with E-state index in [0.29, 0.717) is 12.4 Å². The number of halogens is 1. The Morgan fingerprint density at radius 1 is 1.54 bits per heavy atom. The predicted molar refractivity (Wildman–Crippen MR) is 57.8 cm³/mol. The van der Waals surface area contributed by atoms with Crippen LogP contribution in [0.4, 0.5) is 0 Å². The molecular weight excluding hydrogens is 283 g/mol. The van der Waals surface area contributed by atoms with Crippen molar-refractivity contribution in [3.8, 4) is 5.75 Å². The summed E-state index contributed by atoms with van der Waals surface area (Å²) >= 11 is 2.19. The number of alkyl halides is 1. The highest BCUT2D eigenvalue weighted by Crippen LogP contribution is 2.13. The van der Waals surface area contributed by atoms with E-state index >= 15 is 0 Å². The zero-order valence-corrected chi connectivity index (χ0v) is 9.02. The summed E-state index contributed by atoms with van der Waals surface area (Å²) in [5.41, 5.74) is 0.256. The number of aromatic carboxylic acids is 1. The van der Waals surface area contributed by atoms with Gasteiger partial charge in [0.15, 0.2) is 0 Å². The molecule has 0 saturated heterocycles. The number of ether oxygens (including phenoxy) is 1. The maximum absolute atomic E-state index is 10.6. The van der Waals surface area contributed by atoms with Gasteiger partial charge in [-0.05, 0) is 18.2 Å². The van der Waals surface area contributed by atoms with Gasteiger partial charge < -0.3 is 9.84 Å². The molecule has 0 heterocycles. The molecule has 1 aromatic rings. The van der Waals surface area contributed by atoms with Gasteiger partial charge in [0.25, 0.3) is 0 Å². The lowest BCUT2D eigenvalue weighted by molar-refractivity contribution is 0.0696. The van der Waals surface area contributed by atoms with E-state index in [9.17, 15) is 4.79 Å². The lowest BCUT2D eigenvalue weighted by Gasteiger charge is -2.03. The predicted octanol–water partition coefficient (Wildman–Crippen LogP) is 2.20. The van der Waals surface area contributed by atoms with E-state index in [1.807, 2.05) is 0 Å². The number of hydrogen-bond acceptors (Lipinski definition) is 2. The first-order valence-corrected chi connectivity index (χ1v) is 5.28. The number of benzene rings is 1. The third-order valence-corrected chi connectivity index (χ3v) is 1.87. The van der Waals surface area contributed by atoms with Crippen molar-refractivity contribution in [1.82, 2.24) is 0 Å². The summed E-state index contributed by atoms with van der Waals surface area (Å²) in [4.78, 5) is 10.6. The molecule has 0 aliphatic carbocycles. The minimum atomic E-state index is -0.931. The average molecular weight is 292 g/mol. The Balaban J connectivity index is 2.73. The molecular formula is C9H9IO3. The molecule has 4 heteroatoms. The quantitative estimate of drug-likeness (QED) is 0.683. The fourth-order valence-corrected chi connectivity index (χ4v) is 1.10. The lowest BCUT2D eigenvalue weighted by Crippen LogP contribution is -2.00. The van der Waals surface area contributed by atoms with Crippen molar-refractivity contribution in [2.45, 2.75) is 0 Å². The van der Waals surface area contributed by atoms with Gasteiger partial charge in [0, 0.05) is 4.43 Å². The second-order valence-corrected chi connectivity index (χ2v) is 3.45. The van der Waals surface area contributed by atoms with Crippen LogP contribution in [-0.2, 0) is 0 Å². The topological polar surface area (TPSA) is 46.5 Å². The molecule has 0 aliphatic rings. The second kappa shape index (κ2) is 5.06. The molecule has 1 N–H and O–H groups in total. The van der Waals surface area contributed by atoms with Gasteiger partial charge in [0.2, 0.25) is 0 Å². The Morgan fingerprint density at radius 3 is 2.92 bits per heavy atom. The van der Waals surface area contributed by atoms with Crippen molar-refractivity contribution >= 4 is 28.6 Å². The molecule has 0 aliphatic heterocycles. The number of carbonyl (C=O) groups is 1. The number of rotatable bonds is 4. The summed E-state index contributed by atoms with van der Waals surface area (Å²) in [5, 5.41) is 8.68. The summed E-state index contributed by atoms with van der Waals surface area (Å²) in [6.45, 7) is 0.601. The third kappa shape index (κ3) is 3.22. The molecule has 0 saturated carbocycles. The molecule has 0 amide bonds. The standard InChI is InChI=1S/C9H9IO3/c10-4-5-13-8-3-1-2-7(6-8)9(11)12/h1-3,6H,4-5H2,(H,11,12). The first kappa shape index (κ1) is 10.3. The third-order valence-electron chi connectivity index (χ3n) is 1.43. The van der Waals surface area contributed by atoms with Gasteiger partial charge >= 0.3 is 5.97 Å². The molecule has 0 bridgehead atoms. The van der Waals surface area contributed by atoms with Gasteiger partial charge in [-0.25, -0.2) is 4.79 Å². The monoisotopic (exact) mass is 292 g/mol. The van der Waals surface area contributed by atoms with Crippen molar-refractivity contribution in [3.63, 3.8) is 0 Å². The van der Waals surface area contributed by atoms with Crippen LogP contribution < -0.4 is 4.74 Å². The Labute approximate surface area is 89.9 Å². The van der Waals surface area contributed by atoms with Crippen LogP contribution in [0.3, 0.4) is 0 Å². The average Bonchev–Trinajstić information content (AvgIpc) is 2.15. The largest absolute Gasteiger partial charge is 0.493 e. The van der Waals surface area contributed by atoms with Crippen LogP contribution in [-0.4, -0.2) is 22.1 Å². The summed E-state index contributed by atoms with van der Waals surface area (Å²) in [7, 11) is 0. The molecule has 0 fully saturated rings. The van der Waals surface area contributed by atoms with Crippen LogP contribution in [0.15, 0.2) is 24.3 Å². The first-order chi connectivity index (χ1) is 6.24. The van der Waals surface area contributed by atoms with E-state index < -0.39 is 5.97 Å². The maximum Gasteiger partial charge on any atom is 0.335 e. The minimum Gasteiger partial charge on any atom is -0.493 e. The summed E-state index contributed by atoms with van der Waals surface area (Å²) in [5.74, 6) is -0.323. The second-order valence-electron chi connectivity index (χ2n) is 2.37. The molecule has 0 spiro atoms. The number of hydrogen-bond donors (Lipinski definition) is 1. The van der Waals surface area contributed by atoms with Crippen molar-refractivity contribution in [3.05, 3.63) is 29.8 Å². The highest BCUT2D eigenvalue weighted by atomic mass is 127. The zero-order valence-electron chi connectivity index (χ0n) is 6.87. The SMILES string of the molecule is O=C(O)c1cccc(OCCI)c1. The van der Waals surface area contributed by atoms with Crippen LogP contribution in [0.5, 0.6) is 5.75 Å². The van der Waals surface area contributed by atoms with Gasteiger partial charge in [0.1, 0.15) is 5.75 Å². The fraction of sp³-hybridized carbons (Fsp3) is 0.222. The van der Waals surface area contributed by atoms with Gasteiger partial charge in [-0.1, -0.05) is 28.7 Å². The van der Waals surface area contributed by atoms with E-state index in [-0.39, 0.29) is 5.56 Å². The molecule has 0 aromatic heterocycles. The minimum absolute atomic E-state index is 0.256.